The maximum atomic E-state index is 14.2. The van der Waals surface area contributed by atoms with Gasteiger partial charge in [0.1, 0.15) is 6.04 Å². The molecule has 2 saturated carbocycles. The fourth-order valence-corrected chi connectivity index (χ4v) is 8.34. The predicted octanol–water partition coefficient (Wildman–Crippen LogP) is 8.71. The molecular weight excluding hydrogens is 979 g/mol. The van der Waals surface area contributed by atoms with Gasteiger partial charge in [0.05, 0.1) is 0 Å². The quantitative estimate of drug-likeness (QED) is 0.0562. The molecule has 0 bridgehead atoms. The van der Waals surface area contributed by atoms with Crippen LogP contribution in [0.25, 0.3) is 22.5 Å². The SMILES string of the molecule is Cc1cc(C(=O)N[C@H]2CC[C@H](N(C)C)CC2)ccc1-c1ccc(C[C@H](NC(=O)C2CCC(CNC(=O)O)CC2)C(=O)Nc2ccc(-c3nc(C(F)(F)C(F)(F)C(F)(F)F)n[nH]3)cc2)cc1.O=C(O)C(F)(F)F. The number of aromatic nitrogens is 3. The van der Waals surface area contributed by atoms with Crippen LogP contribution in [0.5, 0.6) is 0 Å². The number of aromatic amines is 1. The number of nitrogens with zero attached hydrogens (tertiary/aromatic N) is 3. The van der Waals surface area contributed by atoms with Crippen molar-refractivity contribution < 1.29 is 78.1 Å². The van der Waals surface area contributed by atoms with Gasteiger partial charge < -0.3 is 36.4 Å². The lowest BCUT2D eigenvalue weighted by atomic mass is 9.81. The van der Waals surface area contributed by atoms with Gasteiger partial charge in [-0.05, 0) is 137 Å². The number of carbonyl (C=O) groups is 5. The number of hydrogen-bond donors (Lipinski definition) is 7. The van der Waals surface area contributed by atoms with Gasteiger partial charge in [-0.25, -0.2) is 14.6 Å². The minimum Gasteiger partial charge on any atom is -0.475 e. The van der Waals surface area contributed by atoms with E-state index < -0.39 is 65.8 Å². The average molecular weight is 1030 g/mol. The maximum Gasteiger partial charge on any atom is 0.490 e. The molecule has 25 heteroatoms. The van der Waals surface area contributed by atoms with E-state index >= 15 is 0 Å². The summed E-state index contributed by atoms with van der Waals surface area (Å²) >= 11 is 0. The van der Waals surface area contributed by atoms with E-state index in [1.807, 2.05) is 48.4 Å². The minimum atomic E-state index is -6.57. The Hall–Kier alpha value is -6.79. The number of aryl methyl sites for hydroxylation is 1. The molecule has 0 aliphatic heterocycles. The summed E-state index contributed by atoms with van der Waals surface area (Å²) < 4.78 is 125. The third-order valence-electron chi connectivity index (χ3n) is 12.5. The van der Waals surface area contributed by atoms with Gasteiger partial charge in [-0.3, -0.25) is 19.5 Å². The molecule has 72 heavy (non-hydrogen) atoms. The summed E-state index contributed by atoms with van der Waals surface area (Å²) in [5.74, 6) is -19.1. The lowest BCUT2D eigenvalue weighted by Crippen LogP contribution is -2.50. The molecule has 0 radical (unpaired) electrons. The molecular formula is C47H52F10N8O7. The first-order chi connectivity index (χ1) is 33.6. The number of carboxylic acids is 1. The molecule has 1 heterocycles. The number of rotatable bonds is 15. The third-order valence-corrected chi connectivity index (χ3v) is 12.5. The summed E-state index contributed by atoms with van der Waals surface area (Å²) in [6, 6.07) is 17.5. The first-order valence-corrected chi connectivity index (χ1v) is 22.5. The lowest BCUT2D eigenvalue weighted by molar-refractivity contribution is -0.361. The molecule has 392 valence electrons. The van der Waals surface area contributed by atoms with Crippen LogP contribution in [-0.2, 0) is 26.7 Å². The number of carboxylic acid groups (broad SMARTS) is 2. The molecule has 0 unspecified atom stereocenters. The van der Waals surface area contributed by atoms with Crippen LogP contribution in [0.3, 0.4) is 0 Å². The van der Waals surface area contributed by atoms with Gasteiger partial charge >= 0.3 is 36.3 Å². The van der Waals surface area contributed by atoms with Gasteiger partial charge in [0, 0.05) is 47.8 Å². The number of nitrogens with one attached hydrogen (secondary N) is 5. The van der Waals surface area contributed by atoms with Crippen molar-refractivity contribution in [2.24, 2.45) is 11.8 Å². The van der Waals surface area contributed by atoms with Crippen LogP contribution in [0.4, 0.5) is 54.4 Å². The molecule has 1 aromatic heterocycles. The van der Waals surface area contributed by atoms with E-state index in [9.17, 15) is 63.1 Å². The molecule has 7 N–H and O–H groups in total. The van der Waals surface area contributed by atoms with Gasteiger partial charge in [-0.1, -0.05) is 30.3 Å². The molecule has 0 saturated heterocycles. The third kappa shape index (κ3) is 14.4. The lowest BCUT2D eigenvalue weighted by Gasteiger charge is -2.33. The second-order valence-corrected chi connectivity index (χ2v) is 17.9. The zero-order valence-electron chi connectivity index (χ0n) is 38.9. The highest BCUT2D eigenvalue weighted by Crippen LogP contribution is 2.51. The Bertz CT molecular complexity index is 2520. The summed E-state index contributed by atoms with van der Waals surface area (Å²) in [6.07, 6.45) is -6.70. The van der Waals surface area contributed by atoms with E-state index in [1.165, 1.54) is 24.3 Å². The number of hydrogen-bond acceptors (Lipinski definition) is 8. The van der Waals surface area contributed by atoms with Crippen LogP contribution in [0, 0.1) is 18.8 Å². The van der Waals surface area contributed by atoms with Gasteiger partial charge in [-0.2, -0.15) is 49.0 Å². The number of carbonyl (C=O) groups excluding carboxylic acids is 3. The molecule has 2 aliphatic carbocycles. The number of alkyl halides is 10. The predicted molar refractivity (Wildman–Crippen MR) is 240 cm³/mol. The Morgan fingerprint density at radius 1 is 0.778 bits per heavy atom. The zero-order valence-corrected chi connectivity index (χ0v) is 38.9. The highest BCUT2D eigenvalue weighted by atomic mass is 19.4. The number of aliphatic carboxylic acids is 1. The Labute approximate surface area is 405 Å². The molecule has 6 rings (SSSR count). The van der Waals surface area contributed by atoms with E-state index in [2.05, 4.69) is 50.3 Å². The zero-order chi connectivity index (χ0) is 53.3. The Balaban J connectivity index is 0.00000128. The second kappa shape index (κ2) is 23.2. The average Bonchev–Trinajstić information content (AvgIpc) is 3.82. The normalized spacial score (nSPS) is 19.0. The van der Waals surface area contributed by atoms with Gasteiger partial charge in [0.15, 0.2) is 5.82 Å². The van der Waals surface area contributed by atoms with Crippen LogP contribution >= 0.6 is 0 Å². The van der Waals surface area contributed by atoms with Crippen LogP contribution in [0.1, 0.15) is 78.7 Å². The molecule has 3 aromatic carbocycles. The number of benzene rings is 3. The fourth-order valence-electron chi connectivity index (χ4n) is 8.34. The van der Waals surface area contributed by atoms with Crippen molar-refractivity contribution in [3.8, 4) is 22.5 Å². The molecule has 4 amide bonds. The number of amides is 4. The standard InChI is InChI=1S/C45H51F7N8O5.C2HF3O2/c1-25-22-31(39(62)54-33-17-19-34(20-18-33)60(2)3)14-21-35(25)28-8-4-26(5-9-28)23-36(56-38(61)30-10-6-27(7-11-30)24-53-42(64)65)40(63)55-32-15-12-29(13-16-32)37-57-41(59-58-37)43(46,47)44(48,49)45(50,51)52;3-2(4,5)1(6)7/h4-5,8-9,12-16,21-22,27,30,33-34,36,53H,6-7,10-11,17-20,23-24H2,1-3H3,(H,54,62)(H,55,63)(H,56,61)(H,64,65)(H,57,58,59);(H,6,7)/t27?,30?,33-,34-,36-;/m0./s1. The fraction of sp³-hybridized carbons (Fsp3) is 0.468. The largest absolute Gasteiger partial charge is 0.490 e. The highest BCUT2D eigenvalue weighted by molar-refractivity contribution is 5.98. The molecule has 2 fully saturated rings. The molecule has 15 nitrogen and oxygen atoms in total. The van der Waals surface area contributed by atoms with E-state index in [0.717, 1.165) is 42.4 Å². The first kappa shape index (κ1) is 56.1. The summed E-state index contributed by atoms with van der Waals surface area (Å²) in [6.45, 7) is 2.18. The van der Waals surface area contributed by atoms with Crippen molar-refractivity contribution in [2.45, 2.75) is 107 Å². The highest BCUT2D eigenvalue weighted by Gasteiger charge is 2.75. The summed E-state index contributed by atoms with van der Waals surface area (Å²) in [5, 5.41) is 32.1. The van der Waals surface area contributed by atoms with Crippen molar-refractivity contribution in [3.63, 3.8) is 0 Å². The van der Waals surface area contributed by atoms with Gasteiger partial charge in [-0.15, -0.1) is 0 Å². The van der Waals surface area contributed by atoms with Crippen molar-refractivity contribution in [1.29, 1.82) is 0 Å². The Morgan fingerprint density at radius 2 is 1.36 bits per heavy atom. The van der Waals surface area contributed by atoms with Crippen molar-refractivity contribution in [3.05, 3.63) is 89.2 Å². The number of halogens is 10. The van der Waals surface area contributed by atoms with Crippen LogP contribution < -0.4 is 21.3 Å². The van der Waals surface area contributed by atoms with Crippen LogP contribution in [0.15, 0.2) is 66.7 Å². The van der Waals surface area contributed by atoms with Crippen molar-refractivity contribution >= 4 is 35.5 Å². The van der Waals surface area contributed by atoms with Gasteiger partial charge in [0.25, 0.3) is 5.91 Å². The molecule has 4 aromatic rings. The monoisotopic (exact) mass is 1030 g/mol. The first-order valence-electron chi connectivity index (χ1n) is 22.5. The summed E-state index contributed by atoms with van der Waals surface area (Å²) in [4.78, 5) is 65.9. The molecule has 2 aliphatic rings. The van der Waals surface area contributed by atoms with E-state index in [-0.39, 0.29) is 48.0 Å². The van der Waals surface area contributed by atoms with Gasteiger partial charge in [0.2, 0.25) is 17.6 Å². The van der Waals surface area contributed by atoms with E-state index in [0.29, 0.717) is 42.9 Å². The minimum absolute atomic E-state index is 0.0296. The summed E-state index contributed by atoms with van der Waals surface area (Å²) in [5.41, 5.74) is 4.03. The van der Waals surface area contributed by atoms with Crippen molar-refractivity contribution in [2.75, 3.05) is 26.0 Å². The topological polar surface area (TPSA) is 219 Å². The molecule has 1 atom stereocenters. The number of H-pyrrole nitrogens is 1. The second-order valence-electron chi connectivity index (χ2n) is 17.9. The Morgan fingerprint density at radius 3 is 1.89 bits per heavy atom. The van der Waals surface area contributed by atoms with E-state index in [1.54, 1.807) is 6.07 Å². The van der Waals surface area contributed by atoms with Crippen molar-refractivity contribution in [1.82, 2.24) is 36.0 Å². The van der Waals surface area contributed by atoms with Crippen LogP contribution in [-0.4, -0.2) is 117 Å². The van der Waals surface area contributed by atoms with Crippen LogP contribution in [0.2, 0.25) is 0 Å². The maximum absolute atomic E-state index is 14.2. The molecule has 0 spiro atoms. The smallest absolute Gasteiger partial charge is 0.475 e. The number of anilines is 1. The summed E-state index contributed by atoms with van der Waals surface area (Å²) in [7, 11) is 4.14. The Kier molecular flexibility index (Phi) is 18.1. The van der Waals surface area contributed by atoms with E-state index in [4.69, 9.17) is 15.0 Å².